The molecule has 1 atom stereocenters. The fraction of sp³-hybridized carbons (Fsp3) is 0.333. The van der Waals surface area contributed by atoms with Gasteiger partial charge < -0.3 is 9.59 Å². The minimum atomic E-state index is -0.936. The van der Waals surface area contributed by atoms with Gasteiger partial charge in [-0.25, -0.2) is 0 Å². The van der Waals surface area contributed by atoms with E-state index in [2.05, 4.69) is 78.9 Å². The maximum absolute atomic E-state index is 12.4. The zero-order valence-electron chi connectivity index (χ0n) is 17.0. The van der Waals surface area contributed by atoms with E-state index >= 15 is 0 Å². The molecule has 1 unspecified atom stereocenters. The molecule has 1 N–H and O–H groups in total. The Balaban J connectivity index is 1.55. The molecular weight excluding hydrogens is 354 g/mol. The highest BCUT2D eigenvalue weighted by Crippen LogP contribution is 2.49. The maximum Gasteiger partial charge on any atom is 0.123 e. The predicted molar refractivity (Wildman–Crippen MR) is 117 cm³/mol. The van der Waals surface area contributed by atoms with Gasteiger partial charge in [0.05, 0.1) is 19.6 Å². The van der Waals surface area contributed by atoms with Crippen molar-refractivity contribution in [2.45, 2.75) is 25.0 Å². The van der Waals surface area contributed by atoms with Crippen molar-refractivity contribution in [3.05, 3.63) is 108 Å². The molecule has 0 aromatic heterocycles. The van der Waals surface area contributed by atoms with E-state index in [1.165, 1.54) is 31.5 Å². The van der Waals surface area contributed by atoms with Crippen molar-refractivity contribution >= 4 is 0 Å². The molecule has 3 fully saturated rings. The second-order valence-corrected chi connectivity index (χ2v) is 9.06. The van der Waals surface area contributed by atoms with E-state index in [0.29, 0.717) is 5.92 Å². The average Bonchev–Trinajstić information content (AvgIpc) is 2.81. The highest BCUT2D eigenvalue weighted by Gasteiger charge is 2.54. The van der Waals surface area contributed by atoms with Gasteiger partial charge in [0.2, 0.25) is 0 Å². The van der Waals surface area contributed by atoms with Crippen LogP contribution in [0.1, 0.15) is 29.5 Å². The Hall–Kier alpha value is -2.42. The third-order valence-corrected chi connectivity index (χ3v) is 7.43. The summed E-state index contributed by atoms with van der Waals surface area (Å²) in [6, 6.07) is 31.6. The number of fused-ring (bicyclic) bond motifs is 3. The number of rotatable bonds is 5. The highest BCUT2D eigenvalue weighted by atomic mass is 16.3. The Morgan fingerprint density at radius 2 is 1.21 bits per heavy atom. The summed E-state index contributed by atoms with van der Waals surface area (Å²) in [6.45, 7) is 4.58. The van der Waals surface area contributed by atoms with Crippen LogP contribution < -0.4 is 0 Å². The molecule has 0 radical (unpaired) electrons. The van der Waals surface area contributed by atoms with Crippen LogP contribution in [0.25, 0.3) is 0 Å². The number of piperidine rings is 3. The van der Waals surface area contributed by atoms with Gasteiger partial charge in [0.1, 0.15) is 12.1 Å². The third kappa shape index (κ3) is 3.31. The fourth-order valence-electron chi connectivity index (χ4n) is 5.93. The predicted octanol–water partition coefficient (Wildman–Crippen LogP) is 4.98. The molecule has 0 aliphatic carbocycles. The second kappa shape index (κ2) is 7.44. The van der Waals surface area contributed by atoms with Crippen LogP contribution in [0.5, 0.6) is 0 Å². The van der Waals surface area contributed by atoms with Gasteiger partial charge in [-0.1, -0.05) is 91.0 Å². The first-order valence-corrected chi connectivity index (χ1v) is 10.9. The van der Waals surface area contributed by atoms with Crippen molar-refractivity contribution < 1.29 is 9.59 Å². The average molecular weight is 385 g/mol. The van der Waals surface area contributed by atoms with E-state index in [1.54, 1.807) is 0 Å². The molecule has 0 spiro atoms. The number of benzene rings is 3. The lowest BCUT2D eigenvalue weighted by molar-refractivity contribution is -0.960. The summed E-state index contributed by atoms with van der Waals surface area (Å²) in [5.74, 6) is 0.815. The zero-order valence-corrected chi connectivity index (χ0v) is 17.0. The van der Waals surface area contributed by atoms with Crippen molar-refractivity contribution in [1.82, 2.24) is 0 Å². The molecule has 3 aromatic carbocycles. The third-order valence-electron chi connectivity index (χ3n) is 7.43. The van der Waals surface area contributed by atoms with Gasteiger partial charge in [-0.15, -0.1) is 0 Å². The van der Waals surface area contributed by atoms with E-state index in [0.717, 1.165) is 28.7 Å². The van der Waals surface area contributed by atoms with Crippen LogP contribution in [0.15, 0.2) is 91.0 Å². The zero-order chi connectivity index (χ0) is 19.7. The van der Waals surface area contributed by atoms with Crippen LogP contribution >= 0.6 is 0 Å². The Kier molecular flexibility index (Phi) is 4.77. The summed E-state index contributed by atoms with van der Waals surface area (Å²) in [6.07, 6.45) is 2.42. The Morgan fingerprint density at radius 1 is 0.724 bits per heavy atom. The number of hydrogen-bond acceptors (Lipinski definition) is 1. The van der Waals surface area contributed by atoms with Crippen LogP contribution in [0.3, 0.4) is 0 Å². The van der Waals surface area contributed by atoms with E-state index in [-0.39, 0.29) is 5.92 Å². The summed E-state index contributed by atoms with van der Waals surface area (Å²) in [5.41, 5.74) is 2.54. The summed E-state index contributed by atoms with van der Waals surface area (Å²) in [5, 5.41) is 12.4. The summed E-state index contributed by atoms with van der Waals surface area (Å²) < 4.78 is 1.10. The number of aliphatic hydroxyl groups is 1. The van der Waals surface area contributed by atoms with Gasteiger partial charge in [0.15, 0.2) is 0 Å². The summed E-state index contributed by atoms with van der Waals surface area (Å²) >= 11 is 0. The molecule has 2 nitrogen and oxygen atoms in total. The van der Waals surface area contributed by atoms with Crippen molar-refractivity contribution in [1.29, 1.82) is 0 Å². The molecule has 29 heavy (non-hydrogen) atoms. The van der Waals surface area contributed by atoms with Crippen LogP contribution in [0.2, 0.25) is 0 Å². The standard InChI is InChI=1S/C27H30NO/c29-27(24-12-6-2-7-13-24,25-14-8-3-9-15-25)26-21-28(18-16-23(26)17-19-28)20-22-10-4-1-5-11-22/h1-15,23,26,29H,16-21H2/q+1. The van der Waals surface area contributed by atoms with E-state index in [4.69, 9.17) is 0 Å². The normalized spacial score (nSPS) is 26.4. The van der Waals surface area contributed by atoms with Crippen molar-refractivity contribution in [2.75, 3.05) is 19.6 Å². The molecule has 0 amide bonds. The lowest BCUT2D eigenvalue weighted by Gasteiger charge is -2.56. The molecule has 3 aliphatic rings. The van der Waals surface area contributed by atoms with Crippen molar-refractivity contribution in [3.8, 4) is 0 Å². The Labute approximate surface area is 174 Å². The van der Waals surface area contributed by atoms with Gasteiger partial charge in [-0.3, -0.25) is 0 Å². The van der Waals surface area contributed by atoms with Gasteiger partial charge in [-0.05, 0) is 17.0 Å². The molecule has 3 aromatic rings. The highest BCUT2D eigenvalue weighted by molar-refractivity contribution is 5.37. The van der Waals surface area contributed by atoms with Crippen molar-refractivity contribution in [2.24, 2.45) is 11.8 Å². The van der Waals surface area contributed by atoms with E-state index in [1.807, 2.05) is 12.1 Å². The molecule has 2 heteroatoms. The molecule has 0 saturated carbocycles. The molecule has 3 heterocycles. The summed E-state index contributed by atoms with van der Waals surface area (Å²) in [4.78, 5) is 0. The quantitative estimate of drug-likeness (QED) is 0.615. The van der Waals surface area contributed by atoms with Crippen LogP contribution in [-0.2, 0) is 12.1 Å². The maximum atomic E-state index is 12.4. The first-order chi connectivity index (χ1) is 14.2. The van der Waals surface area contributed by atoms with Crippen LogP contribution in [0.4, 0.5) is 0 Å². The molecular formula is C27H30NO+. The number of hydrogen-bond donors (Lipinski definition) is 1. The minimum absolute atomic E-state index is 0.235. The van der Waals surface area contributed by atoms with Crippen LogP contribution in [0, 0.1) is 11.8 Å². The first-order valence-electron chi connectivity index (χ1n) is 10.9. The first kappa shape index (κ1) is 18.6. The Bertz CT molecular complexity index is 891. The molecule has 3 aliphatic heterocycles. The van der Waals surface area contributed by atoms with Gasteiger partial charge >= 0.3 is 0 Å². The molecule has 148 valence electrons. The molecule has 6 rings (SSSR count). The fourth-order valence-corrected chi connectivity index (χ4v) is 5.93. The van der Waals surface area contributed by atoms with E-state index < -0.39 is 5.60 Å². The van der Waals surface area contributed by atoms with Crippen LogP contribution in [-0.4, -0.2) is 29.2 Å². The topological polar surface area (TPSA) is 20.2 Å². The SMILES string of the molecule is OC(c1ccccc1)(c1ccccc1)C1C[N+]2(Cc3ccccc3)CCC1CC2. The van der Waals surface area contributed by atoms with Gasteiger partial charge in [0.25, 0.3) is 0 Å². The second-order valence-electron chi connectivity index (χ2n) is 9.06. The van der Waals surface area contributed by atoms with Crippen molar-refractivity contribution in [3.63, 3.8) is 0 Å². The smallest absolute Gasteiger partial charge is 0.123 e. The monoisotopic (exact) mass is 384 g/mol. The molecule has 3 saturated heterocycles. The lowest BCUT2D eigenvalue weighted by Crippen LogP contribution is -2.65. The van der Waals surface area contributed by atoms with Gasteiger partial charge in [0, 0.05) is 24.3 Å². The summed E-state index contributed by atoms with van der Waals surface area (Å²) in [7, 11) is 0. The Morgan fingerprint density at radius 3 is 1.72 bits per heavy atom. The minimum Gasteiger partial charge on any atom is -0.380 e. The largest absolute Gasteiger partial charge is 0.380 e. The number of quaternary nitrogens is 1. The lowest BCUT2D eigenvalue weighted by atomic mass is 9.64. The van der Waals surface area contributed by atoms with E-state index in [9.17, 15) is 5.11 Å². The van der Waals surface area contributed by atoms with Gasteiger partial charge in [-0.2, -0.15) is 0 Å². The number of nitrogens with zero attached hydrogens (tertiary/aromatic N) is 1. The molecule has 2 bridgehead atoms.